The van der Waals surface area contributed by atoms with Gasteiger partial charge >= 0.3 is 0 Å². The van der Waals surface area contributed by atoms with Gasteiger partial charge in [0.05, 0.1) is 28.5 Å². The highest BCUT2D eigenvalue weighted by molar-refractivity contribution is 6.39. The Bertz CT molecular complexity index is 1740. The SMILES string of the molecule is COc1nc(-c2cccc(-c3ccnc(Nc4cccc(CN5CC(CO)C5)c4F)c3Cl)c2Cl)ccc1CNCC1CCC(=O)N1. The smallest absolute Gasteiger partial charge is 0.220 e. The standard InChI is InChI=1S/C34H35Cl2FN6O3/c1-46-34-21(14-38-15-23-9-11-29(45)40-23)8-10-27(42-34)26-6-3-5-24(30(26)35)25-12-13-39-33(31(25)36)41-28-7-2-4-22(32(28)37)18-43-16-20(17-43)19-44/h2-8,10,12-13,20,23,38,44H,9,11,14-19H2,1H3,(H,39,41)(H,40,45). The van der Waals surface area contributed by atoms with E-state index in [0.29, 0.717) is 75.7 Å². The molecule has 2 aromatic carbocycles. The van der Waals surface area contributed by atoms with Crippen LogP contribution in [-0.2, 0) is 17.9 Å². The van der Waals surface area contributed by atoms with Crippen LogP contribution in [0.1, 0.15) is 24.0 Å². The molecule has 4 N–H and O–H groups in total. The highest BCUT2D eigenvalue weighted by Crippen LogP contribution is 2.41. The van der Waals surface area contributed by atoms with Crippen molar-refractivity contribution >= 4 is 40.6 Å². The van der Waals surface area contributed by atoms with Crippen LogP contribution in [0.15, 0.2) is 60.8 Å². The van der Waals surface area contributed by atoms with Crippen molar-refractivity contribution in [3.63, 3.8) is 0 Å². The minimum absolute atomic E-state index is 0.0883. The number of aromatic nitrogens is 2. The molecule has 6 rings (SSSR count). The molecule has 2 aliphatic rings. The fraction of sp³-hybridized carbons (Fsp3) is 0.324. The van der Waals surface area contributed by atoms with Crippen molar-refractivity contribution in [1.29, 1.82) is 0 Å². The largest absolute Gasteiger partial charge is 0.481 e. The number of hydrogen-bond acceptors (Lipinski definition) is 8. The van der Waals surface area contributed by atoms with Gasteiger partial charge in [0, 0.05) is 91.7 Å². The van der Waals surface area contributed by atoms with Gasteiger partial charge in [0.25, 0.3) is 0 Å². The molecule has 0 spiro atoms. The fourth-order valence-electron chi connectivity index (χ4n) is 5.91. The third-order valence-electron chi connectivity index (χ3n) is 8.39. The average molecular weight is 666 g/mol. The number of pyridine rings is 2. The first kappa shape index (κ1) is 32.2. The van der Waals surface area contributed by atoms with Crippen molar-refractivity contribution in [3.05, 3.63) is 87.8 Å². The molecular weight excluding hydrogens is 630 g/mol. The number of carbonyl (C=O) groups excluding carboxylic acids is 1. The molecule has 9 nitrogen and oxygen atoms in total. The second-order valence-corrected chi connectivity index (χ2v) is 12.4. The lowest BCUT2D eigenvalue weighted by Gasteiger charge is -2.38. The molecule has 12 heteroatoms. The van der Waals surface area contributed by atoms with Gasteiger partial charge in [-0.2, -0.15) is 0 Å². The van der Waals surface area contributed by atoms with Crippen LogP contribution >= 0.6 is 23.2 Å². The van der Waals surface area contributed by atoms with Crippen molar-refractivity contribution in [2.24, 2.45) is 5.92 Å². The molecule has 0 radical (unpaired) electrons. The summed E-state index contributed by atoms with van der Waals surface area (Å²) < 4.78 is 21.1. The Balaban J connectivity index is 1.20. The second-order valence-electron chi connectivity index (χ2n) is 11.6. The Labute approximate surface area is 277 Å². The number of hydrogen-bond donors (Lipinski definition) is 4. The number of nitrogens with one attached hydrogen (secondary N) is 3. The predicted molar refractivity (Wildman–Crippen MR) is 178 cm³/mol. The number of halogens is 3. The van der Waals surface area contributed by atoms with Crippen molar-refractivity contribution in [1.82, 2.24) is 25.5 Å². The number of anilines is 2. The minimum atomic E-state index is -0.373. The zero-order valence-corrected chi connectivity index (χ0v) is 26.8. The molecule has 0 bridgehead atoms. The Kier molecular flexibility index (Phi) is 10.0. The van der Waals surface area contributed by atoms with Crippen LogP contribution in [0.2, 0.25) is 10.0 Å². The van der Waals surface area contributed by atoms with E-state index in [1.54, 1.807) is 37.6 Å². The summed E-state index contributed by atoms with van der Waals surface area (Å²) in [6.45, 7) is 3.29. The number of ether oxygens (including phenoxy) is 1. The number of rotatable bonds is 12. The monoisotopic (exact) mass is 664 g/mol. The highest BCUT2D eigenvalue weighted by Gasteiger charge is 2.27. The van der Waals surface area contributed by atoms with Crippen molar-refractivity contribution in [3.8, 4) is 28.3 Å². The average Bonchev–Trinajstić information content (AvgIpc) is 3.46. The van der Waals surface area contributed by atoms with Gasteiger partial charge in [-0.25, -0.2) is 14.4 Å². The van der Waals surface area contributed by atoms with Crippen LogP contribution in [0.3, 0.4) is 0 Å². The second kappa shape index (κ2) is 14.3. The topological polar surface area (TPSA) is 112 Å². The van der Waals surface area contributed by atoms with Gasteiger partial charge in [-0.05, 0) is 24.6 Å². The molecule has 46 heavy (non-hydrogen) atoms. The zero-order chi connectivity index (χ0) is 32.2. The lowest BCUT2D eigenvalue weighted by atomic mass is 10.00. The van der Waals surface area contributed by atoms with E-state index in [-0.39, 0.29) is 36.0 Å². The number of benzene rings is 2. The molecule has 0 aliphatic carbocycles. The van der Waals surface area contributed by atoms with E-state index >= 15 is 4.39 Å². The summed E-state index contributed by atoms with van der Waals surface area (Å²) in [6, 6.07) is 16.5. The lowest BCUT2D eigenvalue weighted by Crippen LogP contribution is -2.47. The van der Waals surface area contributed by atoms with E-state index in [2.05, 4.69) is 25.8 Å². The molecule has 4 heterocycles. The van der Waals surface area contributed by atoms with Crippen LogP contribution < -0.4 is 20.7 Å². The molecule has 4 aromatic rings. The minimum Gasteiger partial charge on any atom is -0.481 e. The first-order valence-electron chi connectivity index (χ1n) is 15.2. The van der Waals surface area contributed by atoms with Crippen molar-refractivity contribution < 1.29 is 19.0 Å². The van der Waals surface area contributed by atoms with E-state index in [9.17, 15) is 9.90 Å². The molecule has 2 aliphatic heterocycles. The number of likely N-dealkylation sites (tertiary alicyclic amines) is 1. The van der Waals surface area contributed by atoms with E-state index in [1.807, 2.05) is 30.3 Å². The number of methoxy groups -OCH3 is 1. The summed E-state index contributed by atoms with van der Waals surface area (Å²) >= 11 is 13.9. The van der Waals surface area contributed by atoms with E-state index < -0.39 is 0 Å². The first-order chi connectivity index (χ1) is 22.3. The van der Waals surface area contributed by atoms with Gasteiger partial charge in [-0.1, -0.05) is 59.6 Å². The van der Waals surface area contributed by atoms with Crippen molar-refractivity contribution in [2.45, 2.75) is 32.0 Å². The van der Waals surface area contributed by atoms with E-state index in [4.69, 9.17) is 32.9 Å². The van der Waals surface area contributed by atoms with Gasteiger partial charge in [0.2, 0.25) is 11.8 Å². The number of nitrogens with zero attached hydrogens (tertiary/aromatic N) is 3. The third kappa shape index (κ3) is 6.96. The molecule has 1 atom stereocenters. The van der Waals surface area contributed by atoms with Crippen LogP contribution in [0, 0.1) is 11.7 Å². The summed E-state index contributed by atoms with van der Waals surface area (Å²) in [4.78, 5) is 22.7. The molecule has 2 saturated heterocycles. The van der Waals surface area contributed by atoms with E-state index in [0.717, 1.165) is 25.1 Å². The molecule has 240 valence electrons. The third-order valence-corrected chi connectivity index (χ3v) is 9.18. The zero-order valence-electron chi connectivity index (χ0n) is 25.3. The fourth-order valence-corrected chi connectivity index (χ4v) is 6.49. The van der Waals surface area contributed by atoms with Gasteiger partial charge < -0.3 is 25.8 Å². The Morgan fingerprint density at radius 2 is 1.83 bits per heavy atom. The molecule has 1 amide bonds. The molecule has 2 aromatic heterocycles. The van der Waals surface area contributed by atoms with Gasteiger partial charge in [0.1, 0.15) is 5.82 Å². The highest BCUT2D eigenvalue weighted by atomic mass is 35.5. The van der Waals surface area contributed by atoms with E-state index in [1.165, 1.54) is 0 Å². The molecular formula is C34H35Cl2FN6O3. The van der Waals surface area contributed by atoms with Gasteiger partial charge in [-0.3, -0.25) is 9.69 Å². The molecule has 1 unspecified atom stereocenters. The number of aliphatic hydroxyl groups excluding tert-OH is 1. The van der Waals surface area contributed by atoms with Crippen LogP contribution in [-0.4, -0.2) is 65.3 Å². The summed E-state index contributed by atoms with van der Waals surface area (Å²) in [5.74, 6) is 0.739. The lowest BCUT2D eigenvalue weighted by molar-refractivity contribution is -0.119. The molecule has 0 saturated carbocycles. The quantitative estimate of drug-likeness (QED) is 0.150. The summed E-state index contributed by atoms with van der Waals surface area (Å²) in [5.41, 5.74) is 4.33. The summed E-state index contributed by atoms with van der Waals surface area (Å²) in [6.07, 6.45) is 2.99. The maximum Gasteiger partial charge on any atom is 0.220 e. The number of amides is 1. The maximum atomic E-state index is 15.5. The number of aliphatic hydroxyl groups is 1. The molecule has 2 fully saturated rings. The summed E-state index contributed by atoms with van der Waals surface area (Å²) in [7, 11) is 1.58. The normalized spacial score (nSPS) is 16.7. The van der Waals surface area contributed by atoms with Gasteiger partial charge in [-0.15, -0.1) is 0 Å². The maximum absolute atomic E-state index is 15.5. The van der Waals surface area contributed by atoms with Crippen LogP contribution in [0.5, 0.6) is 5.88 Å². The first-order valence-corrected chi connectivity index (χ1v) is 16.0. The van der Waals surface area contributed by atoms with Crippen molar-refractivity contribution in [2.75, 3.05) is 38.7 Å². The van der Waals surface area contributed by atoms with Gasteiger partial charge in [0.15, 0.2) is 5.82 Å². The number of carbonyl (C=O) groups is 1. The Morgan fingerprint density at radius 1 is 1.04 bits per heavy atom. The Hall–Kier alpha value is -3.80. The summed E-state index contributed by atoms with van der Waals surface area (Å²) in [5, 5.41) is 19.4. The Morgan fingerprint density at radius 3 is 2.59 bits per heavy atom. The van der Waals surface area contributed by atoms with Crippen LogP contribution in [0.25, 0.3) is 22.4 Å². The van der Waals surface area contributed by atoms with Crippen LogP contribution in [0.4, 0.5) is 15.9 Å². The predicted octanol–water partition coefficient (Wildman–Crippen LogP) is 5.80.